The third-order valence-corrected chi connectivity index (χ3v) is 4.54. The minimum Gasteiger partial charge on any atom is -0.465 e. The number of sulfone groups is 1. The van der Waals surface area contributed by atoms with Crippen molar-refractivity contribution >= 4 is 27.4 Å². The molecule has 120 valence electrons. The van der Waals surface area contributed by atoms with E-state index < -0.39 is 15.8 Å². The maximum atomic E-state index is 11.8. The van der Waals surface area contributed by atoms with Crippen LogP contribution in [0.5, 0.6) is 0 Å². The van der Waals surface area contributed by atoms with Crippen LogP contribution >= 0.6 is 0 Å². The SMILES string of the molecule is CCS(=O)(=O)CCn1nc(NC(C)C)c(C(=O)OC)c1N. The van der Waals surface area contributed by atoms with Crippen molar-refractivity contribution in [2.45, 2.75) is 33.4 Å². The average molecular weight is 318 g/mol. The average Bonchev–Trinajstić information content (AvgIpc) is 2.71. The van der Waals surface area contributed by atoms with Gasteiger partial charge in [0.25, 0.3) is 0 Å². The first-order chi connectivity index (χ1) is 9.71. The number of nitrogens with two attached hydrogens (primary N) is 1. The van der Waals surface area contributed by atoms with Gasteiger partial charge in [0.15, 0.2) is 15.7 Å². The molecule has 1 aromatic rings. The Morgan fingerprint density at radius 2 is 2.10 bits per heavy atom. The molecule has 0 radical (unpaired) electrons. The largest absolute Gasteiger partial charge is 0.465 e. The lowest BCUT2D eigenvalue weighted by molar-refractivity contribution is 0.0603. The number of nitrogens with zero attached hydrogens (tertiary/aromatic N) is 2. The number of nitrogens with one attached hydrogen (secondary N) is 1. The van der Waals surface area contributed by atoms with E-state index in [1.54, 1.807) is 6.92 Å². The molecule has 1 rings (SSSR count). The predicted octanol–water partition coefficient (Wildman–Crippen LogP) is 0.507. The predicted molar refractivity (Wildman–Crippen MR) is 81.1 cm³/mol. The van der Waals surface area contributed by atoms with Crippen molar-refractivity contribution in [2.24, 2.45) is 0 Å². The van der Waals surface area contributed by atoms with Gasteiger partial charge in [-0.2, -0.15) is 5.10 Å². The number of methoxy groups -OCH3 is 1. The number of ether oxygens (including phenoxy) is 1. The van der Waals surface area contributed by atoms with Crippen molar-refractivity contribution in [1.29, 1.82) is 0 Å². The van der Waals surface area contributed by atoms with Crippen molar-refractivity contribution in [1.82, 2.24) is 9.78 Å². The fourth-order valence-electron chi connectivity index (χ4n) is 1.69. The summed E-state index contributed by atoms with van der Waals surface area (Å²) in [6.07, 6.45) is 0. The first kappa shape index (κ1) is 17.3. The zero-order valence-electron chi connectivity index (χ0n) is 12.7. The van der Waals surface area contributed by atoms with Crippen molar-refractivity contribution in [3.63, 3.8) is 0 Å². The Morgan fingerprint density at radius 1 is 1.48 bits per heavy atom. The summed E-state index contributed by atoms with van der Waals surface area (Å²) < 4.78 is 29.1. The summed E-state index contributed by atoms with van der Waals surface area (Å²) in [5, 5.41) is 7.17. The maximum Gasteiger partial charge on any atom is 0.345 e. The van der Waals surface area contributed by atoms with Gasteiger partial charge in [-0.3, -0.25) is 0 Å². The second-order valence-electron chi connectivity index (χ2n) is 4.86. The molecule has 1 heterocycles. The number of carbonyl (C=O) groups is 1. The van der Waals surface area contributed by atoms with E-state index in [9.17, 15) is 13.2 Å². The number of hydrogen-bond acceptors (Lipinski definition) is 7. The normalized spacial score (nSPS) is 11.7. The van der Waals surface area contributed by atoms with Crippen molar-refractivity contribution in [3.05, 3.63) is 5.56 Å². The van der Waals surface area contributed by atoms with Gasteiger partial charge in [0.05, 0.1) is 19.4 Å². The van der Waals surface area contributed by atoms with Crippen LogP contribution in [0.25, 0.3) is 0 Å². The Balaban J connectivity index is 3.11. The van der Waals surface area contributed by atoms with Crippen molar-refractivity contribution in [2.75, 3.05) is 29.7 Å². The molecule has 0 atom stereocenters. The van der Waals surface area contributed by atoms with E-state index in [4.69, 9.17) is 5.73 Å². The van der Waals surface area contributed by atoms with Crippen LogP contribution in [-0.2, 0) is 21.1 Å². The zero-order chi connectivity index (χ0) is 16.2. The molecule has 0 aliphatic carbocycles. The number of esters is 1. The number of rotatable bonds is 7. The molecule has 21 heavy (non-hydrogen) atoms. The standard InChI is InChI=1S/C12H22N4O4S/c1-5-21(18,19)7-6-16-10(13)9(12(17)20-4)11(15-16)14-8(2)3/h8H,5-7,13H2,1-4H3,(H,14,15). The smallest absolute Gasteiger partial charge is 0.345 e. The number of aromatic nitrogens is 2. The molecule has 1 aromatic heterocycles. The molecular weight excluding hydrogens is 296 g/mol. The summed E-state index contributed by atoms with van der Waals surface area (Å²) in [5.41, 5.74) is 6.02. The fraction of sp³-hybridized carbons (Fsp3) is 0.667. The molecule has 0 saturated carbocycles. The van der Waals surface area contributed by atoms with Gasteiger partial charge in [0.1, 0.15) is 11.4 Å². The minimum atomic E-state index is -3.14. The van der Waals surface area contributed by atoms with Crippen LogP contribution in [0.1, 0.15) is 31.1 Å². The van der Waals surface area contributed by atoms with Crippen LogP contribution in [0, 0.1) is 0 Å². The lowest BCUT2D eigenvalue weighted by Gasteiger charge is -2.07. The van der Waals surface area contributed by atoms with Gasteiger partial charge in [-0.1, -0.05) is 6.92 Å². The molecule has 9 heteroatoms. The molecule has 0 fully saturated rings. The Kier molecular flexibility index (Phi) is 5.59. The van der Waals surface area contributed by atoms with Crippen LogP contribution < -0.4 is 11.1 Å². The third kappa shape index (κ3) is 4.35. The van der Waals surface area contributed by atoms with Crippen molar-refractivity contribution < 1.29 is 17.9 Å². The highest BCUT2D eigenvalue weighted by atomic mass is 32.2. The van der Waals surface area contributed by atoms with Gasteiger partial charge in [-0.15, -0.1) is 0 Å². The molecule has 0 bridgehead atoms. The van der Waals surface area contributed by atoms with E-state index >= 15 is 0 Å². The van der Waals surface area contributed by atoms with Crippen LogP contribution in [0.15, 0.2) is 0 Å². The second kappa shape index (κ2) is 6.79. The summed E-state index contributed by atoms with van der Waals surface area (Å²) in [7, 11) is -1.89. The van der Waals surface area contributed by atoms with Gasteiger partial charge in [-0.25, -0.2) is 17.9 Å². The number of aryl methyl sites for hydroxylation is 1. The van der Waals surface area contributed by atoms with E-state index in [2.05, 4.69) is 15.2 Å². The van der Waals surface area contributed by atoms with Crippen LogP contribution in [0.2, 0.25) is 0 Å². The molecule has 0 unspecified atom stereocenters. The quantitative estimate of drug-likeness (QED) is 0.703. The molecule has 0 spiro atoms. The molecule has 0 amide bonds. The van der Waals surface area contributed by atoms with Gasteiger partial charge in [0, 0.05) is 11.8 Å². The third-order valence-electron chi connectivity index (χ3n) is 2.86. The number of nitrogen functional groups attached to an aromatic ring is 1. The maximum absolute atomic E-state index is 11.8. The number of anilines is 2. The topological polar surface area (TPSA) is 116 Å². The van der Waals surface area contributed by atoms with Gasteiger partial charge in [0.2, 0.25) is 0 Å². The second-order valence-corrected chi connectivity index (χ2v) is 7.33. The number of hydrogen-bond donors (Lipinski definition) is 2. The molecule has 3 N–H and O–H groups in total. The van der Waals surface area contributed by atoms with Gasteiger partial charge < -0.3 is 15.8 Å². The molecule has 0 aliphatic rings. The lowest BCUT2D eigenvalue weighted by atomic mass is 10.3. The first-order valence-corrected chi connectivity index (χ1v) is 8.45. The van der Waals surface area contributed by atoms with Gasteiger partial charge >= 0.3 is 5.97 Å². The summed E-state index contributed by atoms with van der Waals surface area (Å²) >= 11 is 0. The Hall–Kier alpha value is -1.77. The molecule has 0 aromatic carbocycles. The van der Waals surface area contributed by atoms with Crippen LogP contribution in [0.4, 0.5) is 11.6 Å². The van der Waals surface area contributed by atoms with E-state index in [1.165, 1.54) is 11.8 Å². The number of carbonyl (C=O) groups excluding carboxylic acids is 1. The van der Waals surface area contributed by atoms with Gasteiger partial charge in [-0.05, 0) is 13.8 Å². The highest BCUT2D eigenvalue weighted by Crippen LogP contribution is 2.23. The van der Waals surface area contributed by atoms with E-state index in [0.717, 1.165) is 0 Å². The Morgan fingerprint density at radius 3 is 2.57 bits per heavy atom. The van der Waals surface area contributed by atoms with E-state index in [-0.39, 0.29) is 35.5 Å². The monoisotopic (exact) mass is 318 g/mol. The van der Waals surface area contributed by atoms with E-state index in [1.807, 2.05) is 13.8 Å². The minimum absolute atomic E-state index is 0.0375. The molecule has 8 nitrogen and oxygen atoms in total. The summed E-state index contributed by atoms with van der Waals surface area (Å²) in [6, 6.07) is 0.0375. The summed E-state index contributed by atoms with van der Waals surface area (Å²) in [4.78, 5) is 11.8. The molecule has 0 saturated heterocycles. The Labute approximate surface area is 124 Å². The lowest BCUT2D eigenvalue weighted by Crippen LogP contribution is -2.17. The summed E-state index contributed by atoms with van der Waals surface area (Å²) in [5.74, 6) is -0.258. The highest BCUT2D eigenvalue weighted by Gasteiger charge is 2.24. The van der Waals surface area contributed by atoms with E-state index in [0.29, 0.717) is 5.82 Å². The highest BCUT2D eigenvalue weighted by molar-refractivity contribution is 7.91. The van der Waals surface area contributed by atoms with Crippen LogP contribution in [-0.4, -0.2) is 48.8 Å². The molecular formula is C12H22N4O4S. The van der Waals surface area contributed by atoms with Crippen molar-refractivity contribution in [3.8, 4) is 0 Å². The first-order valence-electron chi connectivity index (χ1n) is 6.63. The zero-order valence-corrected chi connectivity index (χ0v) is 13.5. The Bertz CT molecular complexity index is 607. The fourth-order valence-corrected chi connectivity index (χ4v) is 2.43. The summed E-state index contributed by atoms with van der Waals surface area (Å²) in [6.45, 7) is 5.44. The molecule has 0 aliphatic heterocycles. The van der Waals surface area contributed by atoms with Crippen LogP contribution in [0.3, 0.4) is 0 Å².